The van der Waals surface area contributed by atoms with E-state index in [1.807, 2.05) is 0 Å². The van der Waals surface area contributed by atoms with Crippen molar-refractivity contribution in [2.75, 3.05) is 15.8 Å². The Morgan fingerprint density at radius 3 is 2.27 bits per heavy atom. The van der Waals surface area contributed by atoms with Crippen molar-refractivity contribution in [3.8, 4) is 0 Å². The van der Waals surface area contributed by atoms with E-state index in [9.17, 15) is 26.4 Å². The van der Waals surface area contributed by atoms with Crippen LogP contribution < -0.4 is 10.0 Å². The molecule has 0 bridgehead atoms. The van der Waals surface area contributed by atoms with Gasteiger partial charge < -0.3 is 5.32 Å². The minimum Gasteiger partial charge on any atom is -0.326 e. The largest absolute Gasteiger partial charge is 0.392 e. The molecule has 0 spiro atoms. The fraction of sp³-hybridized carbons (Fsp3) is 0.588. The van der Waals surface area contributed by atoms with E-state index in [0.29, 0.717) is 30.6 Å². The number of anilines is 2. The van der Waals surface area contributed by atoms with Crippen molar-refractivity contribution in [3.05, 3.63) is 24.3 Å². The Balaban J connectivity index is 2.02. The van der Waals surface area contributed by atoms with Gasteiger partial charge >= 0.3 is 6.18 Å². The fourth-order valence-electron chi connectivity index (χ4n) is 3.19. The van der Waals surface area contributed by atoms with Gasteiger partial charge in [-0.25, -0.2) is 8.42 Å². The summed E-state index contributed by atoms with van der Waals surface area (Å²) in [6, 6.07) is 5.86. The minimum atomic E-state index is -4.39. The quantitative estimate of drug-likeness (QED) is 0.764. The summed E-state index contributed by atoms with van der Waals surface area (Å²) in [5.41, 5.74) is 0.669. The molecule has 1 aromatic carbocycles. The Bertz CT molecular complexity index is 718. The molecule has 26 heavy (non-hydrogen) atoms. The highest BCUT2D eigenvalue weighted by Gasteiger charge is 2.48. The van der Waals surface area contributed by atoms with Crippen LogP contribution in [0.4, 0.5) is 24.5 Å². The maximum atomic E-state index is 13.1. The van der Waals surface area contributed by atoms with Crippen LogP contribution in [0.2, 0.25) is 0 Å². The first kappa shape index (κ1) is 20.5. The zero-order valence-corrected chi connectivity index (χ0v) is 15.3. The molecule has 5 nitrogen and oxygen atoms in total. The van der Waals surface area contributed by atoms with E-state index in [0.717, 1.165) is 0 Å². The van der Waals surface area contributed by atoms with E-state index in [-0.39, 0.29) is 18.6 Å². The number of nitrogens with one attached hydrogen (secondary N) is 2. The third-order valence-electron chi connectivity index (χ3n) is 4.42. The van der Waals surface area contributed by atoms with Gasteiger partial charge in [0.25, 0.3) is 0 Å². The maximum Gasteiger partial charge on any atom is 0.392 e. The van der Waals surface area contributed by atoms with Crippen LogP contribution in [0.3, 0.4) is 0 Å². The van der Waals surface area contributed by atoms with E-state index < -0.39 is 33.9 Å². The van der Waals surface area contributed by atoms with Gasteiger partial charge in [0.05, 0.1) is 11.7 Å². The topological polar surface area (TPSA) is 75.3 Å². The van der Waals surface area contributed by atoms with E-state index in [4.69, 9.17) is 0 Å². The van der Waals surface area contributed by atoms with Crippen LogP contribution in [0.5, 0.6) is 0 Å². The van der Waals surface area contributed by atoms with E-state index >= 15 is 0 Å². The number of alkyl halides is 3. The average molecular weight is 392 g/mol. The number of hydrogen-bond acceptors (Lipinski definition) is 3. The highest BCUT2D eigenvalue weighted by atomic mass is 32.2. The summed E-state index contributed by atoms with van der Waals surface area (Å²) in [6.07, 6.45) is -2.65. The average Bonchev–Trinajstić information content (AvgIpc) is 2.55. The Morgan fingerprint density at radius 2 is 1.69 bits per heavy atom. The maximum absolute atomic E-state index is 13.1. The van der Waals surface area contributed by atoms with Gasteiger partial charge in [0.1, 0.15) is 0 Å². The molecule has 0 radical (unpaired) electrons. The Labute approximate surface area is 151 Å². The molecule has 2 atom stereocenters. The fourth-order valence-corrected chi connectivity index (χ4v) is 4.33. The molecule has 2 N–H and O–H groups in total. The van der Waals surface area contributed by atoms with Gasteiger partial charge in [0, 0.05) is 17.3 Å². The molecule has 0 heterocycles. The van der Waals surface area contributed by atoms with Gasteiger partial charge in [0.2, 0.25) is 15.9 Å². The molecule has 146 valence electrons. The van der Waals surface area contributed by atoms with Crippen LogP contribution in [0.15, 0.2) is 24.3 Å². The molecule has 9 heteroatoms. The zero-order valence-electron chi connectivity index (χ0n) is 14.5. The van der Waals surface area contributed by atoms with Crippen LogP contribution in [0.25, 0.3) is 0 Å². The molecule has 0 aromatic heterocycles. The normalized spacial score (nSPS) is 21.2. The van der Waals surface area contributed by atoms with Crippen molar-refractivity contribution in [1.82, 2.24) is 0 Å². The lowest BCUT2D eigenvalue weighted by Gasteiger charge is -2.32. The number of carbonyl (C=O) groups excluding carboxylic acids is 1. The molecule has 2 unspecified atom stereocenters. The van der Waals surface area contributed by atoms with E-state index in [1.54, 1.807) is 6.92 Å². The Kier molecular flexibility index (Phi) is 6.54. The summed E-state index contributed by atoms with van der Waals surface area (Å²) in [5, 5.41) is 2.51. The molecule has 1 saturated carbocycles. The summed E-state index contributed by atoms with van der Waals surface area (Å²) in [6.45, 7) is 1.75. The second kappa shape index (κ2) is 8.28. The standard InChI is InChI=1S/C17H23F3N2O3S/c1-2-11-26(24,25)22-13-9-7-12(8-10-13)21-16(23)14-5-3-4-6-15(14)17(18,19)20/h7-10,14-15,22H,2-6,11H2,1H3,(H,21,23). The summed E-state index contributed by atoms with van der Waals surface area (Å²) in [4.78, 5) is 12.3. The van der Waals surface area contributed by atoms with Crippen molar-refractivity contribution in [3.63, 3.8) is 0 Å². The minimum absolute atomic E-state index is 0.00794. The lowest BCUT2D eigenvalue weighted by molar-refractivity contribution is -0.197. The van der Waals surface area contributed by atoms with Gasteiger partial charge in [-0.1, -0.05) is 19.8 Å². The molecule has 2 rings (SSSR count). The number of carbonyl (C=O) groups is 1. The number of benzene rings is 1. The van der Waals surface area contributed by atoms with Gasteiger partial charge in [0.15, 0.2) is 0 Å². The zero-order chi connectivity index (χ0) is 19.4. The van der Waals surface area contributed by atoms with E-state index in [2.05, 4.69) is 10.0 Å². The molecule has 0 aliphatic heterocycles. The predicted molar refractivity (Wildman–Crippen MR) is 94.3 cm³/mol. The molecule has 1 amide bonds. The first-order valence-electron chi connectivity index (χ1n) is 8.60. The predicted octanol–water partition coefficient (Wildman–Crippen LogP) is 4.15. The first-order chi connectivity index (χ1) is 12.1. The van der Waals surface area contributed by atoms with Crippen molar-refractivity contribution >= 4 is 27.3 Å². The lowest BCUT2D eigenvalue weighted by atomic mass is 9.78. The van der Waals surface area contributed by atoms with Crippen molar-refractivity contribution < 1.29 is 26.4 Å². The second-order valence-electron chi connectivity index (χ2n) is 6.53. The molecular weight excluding hydrogens is 369 g/mol. The number of halogens is 3. The molecular formula is C17H23F3N2O3S. The Morgan fingerprint density at radius 1 is 1.12 bits per heavy atom. The van der Waals surface area contributed by atoms with Gasteiger partial charge in [-0.2, -0.15) is 13.2 Å². The first-order valence-corrected chi connectivity index (χ1v) is 10.3. The Hall–Kier alpha value is -1.77. The van der Waals surface area contributed by atoms with Crippen LogP contribution >= 0.6 is 0 Å². The van der Waals surface area contributed by atoms with Crippen LogP contribution in [0.1, 0.15) is 39.0 Å². The number of hydrogen-bond donors (Lipinski definition) is 2. The van der Waals surface area contributed by atoms with Gasteiger partial charge in [-0.15, -0.1) is 0 Å². The smallest absolute Gasteiger partial charge is 0.326 e. The molecule has 1 aliphatic carbocycles. The second-order valence-corrected chi connectivity index (χ2v) is 8.37. The van der Waals surface area contributed by atoms with Crippen molar-refractivity contribution in [2.24, 2.45) is 11.8 Å². The van der Waals surface area contributed by atoms with Crippen molar-refractivity contribution in [2.45, 2.75) is 45.2 Å². The highest BCUT2D eigenvalue weighted by Crippen LogP contribution is 2.41. The third kappa shape index (κ3) is 5.62. The summed E-state index contributed by atoms with van der Waals surface area (Å²) in [7, 11) is -3.42. The highest BCUT2D eigenvalue weighted by molar-refractivity contribution is 7.92. The molecule has 0 saturated heterocycles. The van der Waals surface area contributed by atoms with Crippen LogP contribution in [0, 0.1) is 11.8 Å². The summed E-state index contributed by atoms with van der Waals surface area (Å²) < 4.78 is 65.2. The monoisotopic (exact) mass is 392 g/mol. The lowest BCUT2D eigenvalue weighted by Crippen LogP contribution is -2.39. The number of amides is 1. The molecule has 1 aromatic rings. The van der Waals surface area contributed by atoms with Crippen LogP contribution in [-0.4, -0.2) is 26.3 Å². The molecule has 1 fully saturated rings. The summed E-state index contributed by atoms with van der Waals surface area (Å²) >= 11 is 0. The van der Waals surface area contributed by atoms with Crippen LogP contribution in [-0.2, 0) is 14.8 Å². The summed E-state index contributed by atoms with van der Waals surface area (Å²) in [5.74, 6) is -3.36. The van der Waals surface area contributed by atoms with Gasteiger partial charge in [-0.05, 0) is 43.5 Å². The molecule has 1 aliphatic rings. The SMILES string of the molecule is CCCS(=O)(=O)Nc1ccc(NC(=O)C2CCCCC2C(F)(F)F)cc1. The van der Waals surface area contributed by atoms with Gasteiger partial charge in [-0.3, -0.25) is 9.52 Å². The van der Waals surface area contributed by atoms with Crippen molar-refractivity contribution in [1.29, 1.82) is 0 Å². The third-order valence-corrected chi connectivity index (χ3v) is 5.91. The number of rotatable bonds is 6. The number of sulfonamides is 1. The van der Waals surface area contributed by atoms with E-state index in [1.165, 1.54) is 24.3 Å².